The molecule has 0 saturated carbocycles. The van der Waals surface area contributed by atoms with Crippen LogP contribution < -0.4 is 10.1 Å². The van der Waals surface area contributed by atoms with Gasteiger partial charge in [-0.15, -0.1) is 0 Å². The van der Waals surface area contributed by atoms with Gasteiger partial charge in [-0.2, -0.15) is 0 Å². The molecule has 0 heterocycles. The van der Waals surface area contributed by atoms with Gasteiger partial charge in [0.2, 0.25) is 0 Å². The van der Waals surface area contributed by atoms with Crippen molar-refractivity contribution in [1.29, 1.82) is 0 Å². The molecule has 112 valence electrons. The Morgan fingerprint density at radius 1 is 1.14 bits per heavy atom. The molecule has 0 spiro atoms. The fraction of sp³-hybridized carbons (Fsp3) is 0.333. The third kappa shape index (κ3) is 4.06. The molecule has 0 aliphatic carbocycles. The summed E-state index contributed by atoms with van der Waals surface area (Å²) >= 11 is 0. The van der Waals surface area contributed by atoms with Crippen molar-refractivity contribution in [1.82, 2.24) is 5.32 Å². The van der Waals surface area contributed by atoms with Crippen LogP contribution in [0.25, 0.3) is 0 Å². The first-order chi connectivity index (χ1) is 10.0. The zero-order chi connectivity index (χ0) is 15.3. The highest BCUT2D eigenvalue weighted by atomic mass is 16.5. The van der Waals surface area contributed by atoms with Gasteiger partial charge in [0.15, 0.2) is 0 Å². The van der Waals surface area contributed by atoms with E-state index in [9.17, 15) is 5.11 Å². The van der Waals surface area contributed by atoms with Gasteiger partial charge >= 0.3 is 0 Å². The fourth-order valence-electron chi connectivity index (χ4n) is 2.28. The molecule has 0 aliphatic heterocycles. The van der Waals surface area contributed by atoms with Crippen molar-refractivity contribution in [3.05, 3.63) is 65.7 Å². The van der Waals surface area contributed by atoms with Crippen LogP contribution in [0.4, 0.5) is 0 Å². The number of rotatable bonds is 6. The Morgan fingerprint density at radius 2 is 1.86 bits per heavy atom. The Morgan fingerprint density at radius 3 is 2.52 bits per heavy atom. The van der Waals surface area contributed by atoms with E-state index in [1.54, 1.807) is 7.11 Å². The van der Waals surface area contributed by atoms with Crippen molar-refractivity contribution < 1.29 is 9.84 Å². The van der Waals surface area contributed by atoms with Gasteiger partial charge < -0.3 is 15.2 Å². The van der Waals surface area contributed by atoms with E-state index in [4.69, 9.17) is 4.74 Å². The van der Waals surface area contributed by atoms with Crippen LogP contribution in [0, 0.1) is 0 Å². The molecule has 2 aromatic carbocycles. The fourth-order valence-corrected chi connectivity index (χ4v) is 2.28. The van der Waals surface area contributed by atoms with Gasteiger partial charge in [0.1, 0.15) is 5.75 Å². The maximum atomic E-state index is 10.6. The zero-order valence-corrected chi connectivity index (χ0v) is 12.8. The number of hydrogen-bond acceptors (Lipinski definition) is 3. The largest absolute Gasteiger partial charge is 0.497 e. The Bertz CT molecular complexity index is 566. The molecular formula is C18H23NO2. The SMILES string of the molecule is COc1cccc([C@@H](C)NCC(C)(O)c2ccccc2)c1. The van der Waals surface area contributed by atoms with Crippen LogP contribution in [-0.4, -0.2) is 18.8 Å². The van der Waals surface area contributed by atoms with Gasteiger partial charge in [-0.3, -0.25) is 0 Å². The topological polar surface area (TPSA) is 41.5 Å². The van der Waals surface area contributed by atoms with E-state index in [1.165, 1.54) is 0 Å². The van der Waals surface area contributed by atoms with Crippen LogP contribution in [0.3, 0.4) is 0 Å². The minimum absolute atomic E-state index is 0.135. The number of aliphatic hydroxyl groups is 1. The highest BCUT2D eigenvalue weighted by Crippen LogP contribution is 2.22. The summed E-state index contributed by atoms with van der Waals surface area (Å²) in [6.07, 6.45) is 0. The van der Waals surface area contributed by atoms with E-state index in [2.05, 4.69) is 18.3 Å². The molecule has 0 radical (unpaired) electrons. The number of benzene rings is 2. The van der Waals surface area contributed by atoms with Gasteiger partial charge in [0, 0.05) is 12.6 Å². The molecule has 0 amide bonds. The van der Waals surface area contributed by atoms with Gasteiger partial charge in [-0.1, -0.05) is 42.5 Å². The van der Waals surface area contributed by atoms with E-state index in [0.717, 1.165) is 16.9 Å². The maximum Gasteiger partial charge on any atom is 0.119 e. The van der Waals surface area contributed by atoms with E-state index in [0.29, 0.717) is 6.54 Å². The van der Waals surface area contributed by atoms with Gasteiger partial charge in [0.05, 0.1) is 12.7 Å². The second-order valence-electron chi connectivity index (χ2n) is 5.52. The Balaban J connectivity index is 2.01. The summed E-state index contributed by atoms with van der Waals surface area (Å²) in [5, 5.41) is 14.0. The molecule has 0 aromatic heterocycles. The summed E-state index contributed by atoms with van der Waals surface area (Å²) in [4.78, 5) is 0. The minimum Gasteiger partial charge on any atom is -0.497 e. The Kier molecular flexibility index (Phi) is 4.99. The first kappa shape index (κ1) is 15.5. The smallest absolute Gasteiger partial charge is 0.119 e. The van der Waals surface area contributed by atoms with Crippen molar-refractivity contribution in [2.75, 3.05) is 13.7 Å². The Labute approximate surface area is 126 Å². The summed E-state index contributed by atoms with van der Waals surface area (Å²) in [6.45, 7) is 4.39. The van der Waals surface area contributed by atoms with E-state index >= 15 is 0 Å². The molecule has 2 rings (SSSR count). The van der Waals surface area contributed by atoms with E-state index in [-0.39, 0.29) is 6.04 Å². The summed E-state index contributed by atoms with van der Waals surface area (Å²) in [5.74, 6) is 0.843. The quantitative estimate of drug-likeness (QED) is 0.856. The molecule has 0 aliphatic rings. The lowest BCUT2D eigenvalue weighted by atomic mass is 9.95. The van der Waals surface area contributed by atoms with Crippen molar-refractivity contribution in [3.8, 4) is 5.75 Å². The minimum atomic E-state index is -0.894. The first-order valence-corrected chi connectivity index (χ1v) is 7.18. The summed E-state index contributed by atoms with van der Waals surface area (Å²) < 4.78 is 5.24. The molecule has 3 nitrogen and oxygen atoms in total. The molecule has 2 aromatic rings. The first-order valence-electron chi connectivity index (χ1n) is 7.18. The molecule has 1 unspecified atom stereocenters. The van der Waals surface area contributed by atoms with Crippen LogP contribution in [0.5, 0.6) is 5.75 Å². The van der Waals surface area contributed by atoms with Crippen LogP contribution >= 0.6 is 0 Å². The zero-order valence-electron chi connectivity index (χ0n) is 12.8. The van der Waals surface area contributed by atoms with Crippen molar-refractivity contribution >= 4 is 0 Å². The molecule has 21 heavy (non-hydrogen) atoms. The van der Waals surface area contributed by atoms with Gasteiger partial charge in [-0.05, 0) is 37.1 Å². The average molecular weight is 285 g/mol. The third-order valence-corrected chi connectivity index (χ3v) is 3.74. The molecule has 0 bridgehead atoms. The van der Waals surface area contributed by atoms with E-state index in [1.807, 2.05) is 55.5 Å². The third-order valence-electron chi connectivity index (χ3n) is 3.74. The number of hydrogen-bond donors (Lipinski definition) is 2. The number of methoxy groups -OCH3 is 1. The van der Waals surface area contributed by atoms with E-state index < -0.39 is 5.60 Å². The lowest BCUT2D eigenvalue weighted by Crippen LogP contribution is -2.36. The average Bonchev–Trinajstić information content (AvgIpc) is 2.53. The standard InChI is InChI=1S/C18H23NO2/c1-14(15-8-7-11-17(12-15)21-3)19-13-18(2,20)16-9-5-4-6-10-16/h4-12,14,19-20H,13H2,1-3H3/t14-,18?/m1/s1. The second kappa shape index (κ2) is 6.74. The summed E-state index contributed by atoms with van der Waals surface area (Å²) in [5.41, 5.74) is 1.16. The molecule has 0 saturated heterocycles. The molecule has 2 N–H and O–H groups in total. The maximum absolute atomic E-state index is 10.6. The normalized spacial score (nSPS) is 15.2. The molecule has 3 heteroatoms. The predicted octanol–water partition coefficient (Wildman–Crippen LogP) is 3.25. The van der Waals surface area contributed by atoms with Gasteiger partial charge in [-0.25, -0.2) is 0 Å². The molecular weight excluding hydrogens is 262 g/mol. The highest BCUT2D eigenvalue weighted by Gasteiger charge is 2.23. The van der Waals surface area contributed by atoms with Crippen LogP contribution in [0.2, 0.25) is 0 Å². The Hall–Kier alpha value is -1.84. The van der Waals surface area contributed by atoms with Crippen LogP contribution in [-0.2, 0) is 5.60 Å². The van der Waals surface area contributed by atoms with Crippen molar-refractivity contribution in [3.63, 3.8) is 0 Å². The predicted molar refractivity (Wildman–Crippen MR) is 85.4 cm³/mol. The highest BCUT2D eigenvalue weighted by molar-refractivity contribution is 5.30. The van der Waals surface area contributed by atoms with Gasteiger partial charge in [0.25, 0.3) is 0 Å². The monoisotopic (exact) mass is 285 g/mol. The van der Waals surface area contributed by atoms with Crippen molar-refractivity contribution in [2.24, 2.45) is 0 Å². The van der Waals surface area contributed by atoms with Crippen LogP contribution in [0.15, 0.2) is 54.6 Å². The van der Waals surface area contributed by atoms with Crippen molar-refractivity contribution in [2.45, 2.75) is 25.5 Å². The molecule has 0 fully saturated rings. The lowest BCUT2D eigenvalue weighted by molar-refractivity contribution is 0.0543. The second-order valence-corrected chi connectivity index (χ2v) is 5.52. The summed E-state index contributed by atoms with van der Waals surface area (Å²) in [7, 11) is 1.66. The molecule has 2 atom stereocenters. The lowest BCUT2D eigenvalue weighted by Gasteiger charge is -2.26. The van der Waals surface area contributed by atoms with Crippen LogP contribution in [0.1, 0.15) is 31.0 Å². The summed E-state index contributed by atoms with van der Waals surface area (Å²) in [6, 6.07) is 17.8. The number of ether oxygens (including phenoxy) is 1. The number of nitrogens with one attached hydrogen (secondary N) is 1.